The fraction of sp³-hybridized carbons (Fsp3) is 0.0820. The molecule has 0 bridgehead atoms. The Morgan fingerprint density at radius 1 is 0.365 bits per heavy atom. The van der Waals surface area contributed by atoms with Crippen molar-refractivity contribution in [1.82, 2.24) is 0 Å². The molecule has 0 saturated heterocycles. The van der Waals surface area contributed by atoms with Crippen molar-refractivity contribution in [1.29, 1.82) is 0 Å². The summed E-state index contributed by atoms with van der Waals surface area (Å²) in [5.74, 6) is 0. The number of fused-ring (bicyclic) bond motifs is 2. The first-order chi connectivity index (χ1) is 31.1. The van der Waals surface area contributed by atoms with E-state index < -0.39 is 0 Å². The van der Waals surface area contributed by atoms with Gasteiger partial charge in [-0.25, -0.2) is 0 Å². The highest BCUT2D eigenvalue weighted by Crippen LogP contribution is 2.45. The average Bonchev–Trinajstić information content (AvgIpc) is 3.35. The number of para-hydroxylation sites is 1. The second-order valence-electron chi connectivity index (χ2n) is 16.4. The van der Waals surface area contributed by atoms with Crippen LogP contribution in [0.15, 0.2) is 218 Å². The summed E-state index contributed by atoms with van der Waals surface area (Å²) >= 11 is 0. The van der Waals surface area contributed by atoms with Crippen LogP contribution < -0.4 is 10.2 Å². The smallest absolute Gasteiger partial charge is 0.0464 e. The summed E-state index contributed by atoms with van der Waals surface area (Å²) < 4.78 is 0. The van der Waals surface area contributed by atoms with Gasteiger partial charge in [-0.15, -0.1) is 0 Å². The number of anilines is 5. The maximum atomic E-state index is 3.79. The molecule has 10 aromatic rings. The molecule has 0 unspecified atom stereocenters. The zero-order chi connectivity index (χ0) is 42.7. The van der Waals surface area contributed by atoms with Crippen LogP contribution in [0, 0.1) is 6.92 Å². The van der Waals surface area contributed by atoms with Crippen molar-refractivity contribution in [2.75, 3.05) is 10.2 Å². The molecule has 0 aliphatic rings. The number of hydrogen-bond donors (Lipinski definition) is 1. The van der Waals surface area contributed by atoms with Crippen LogP contribution in [0.1, 0.15) is 30.5 Å². The van der Waals surface area contributed by atoms with E-state index in [2.05, 4.69) is 249 Å². The van der Waals surface area contributed by atoms with Crippen LogP contribution in [0.4, 0.5) is 28.4 Å². The van der Waals surface area contributed by atoms with Crippen LogP contribution in [0.5, 0.6) is 0 Å². The maximum Gasteiger partial charge on any atom is 0.0464 e. The topological polar surface area (TPSA) is 15.3 Å². The van der Waals surface area contributed by atoms with Gasteiger partial charge < -0.3 is 10.2 Å². The lowest BCUT2D eigenvalue weighted by atomic mass is 9.85. The van der Waals surface area contributed by atoms with E-state index in [4.69, 9.17) is 0 Å². The van der Waals surface area contributed by atoms with Gasteiger partial charge in [0, 0.05) is 34.0 Å². The van der Waals surface area contributed by atoms with Crippen LogP contribution in [-0.2, 0) is 12.8 Å². The standard InChI is InChI=1S/C61H50N2/c1-4-43-26-25-42(3)56(39-43)57-40-44(5-2)27-38-59(57)62-49-31-35-52(36-32-49)63(50-21-13-8-14-22-50)51-33-28-45(29-34-51)48-30-37-55-58(41-48)61(47-19-11-7-12-20-47)54-24-16-15-23-53(54)60(55)46-17-9-6-10-18-46/h6-41,62H,4-5H2,1-3H3. The van der Waals surface area contributed by atoms with Crippen molar-refractivity contribution in [3.8, 4) is 44.5 Å². The highest BCUT2D eigenvalue weighted by molar-refractivity contribution is 6.22. The van der Waals surface area contributed by atoms with Gasteiger partial charge in [0.15, 0.2) is 0 Å². The van der Waals surface area contributed by atoms with Gasteiger partial charge >= 0.3 is 0 Å². The SMILES string of the molecule is CCc1ccc(C)c(-c2cc(CC)ccc2Nc2ccc(N(c3ccccc3)c3ccc(-c4ccc5c(-c6ccccc6)c6ccccc6c(-c6ccccc6)c5c4)cc3)cc2)c1. The van der Waals surface area contributed by atoms with Gasteiger partial charge in [0.1, 0.15) is 0 Å². The Balaban J connectivity index is 1.02. The van der Waals surface area contributed by atoms with Crippen LogP contribution in [0.3, 0.4) is 0 Å². The number of nitrogens with zero attached hydrogens (tertiary/aromatic N) is 1. The number of benzene rings is 10. The summed E-state index contributed by atoms with van der Waals surface area (Å²) in [6.07, 6.45) is 2.01. The predicted molar refractivity (Wildman–Crippen MR) is 271 cm³/mol. The highest BCUT2D eigenvalue weighted by Gasteiger charge is 2.19. The Morgan fingerprint density at radius 3 is 1.44 bits per heavy atom. The van der Waals surface area contributed by atoms with Gasteiger partial charge in [-0.2, -0.15) is 0 Å². The Bertz CT molecular complexity index is 3190. The summed E-state index contributed by atoms with van der Waals surface area (Å²) in [4.78, 5) is 2.33. The summed E-state index contributed by atoms with van der Waals surface area (Å²) in [5, 5.41) is 8.81. The van der Waals surface area contributed by atoms with Crippen molar-refractivity contribution < 1.29 is 0 Å². The number of aryl methyl sites for hydroxylation is 3. The number of nitrogens with one attached hydrogen (secondary N) is 1. The molecule has 0 aliphatic carbocycles. The van der Waals surface area contributed by atoms with Crippen molar-refractivity contribution in [2.24, 2.45) is 0 Å². The van der Waals surface area contributed by atoms with Crippen LogP contribution in [0.25, 0.3) is 66.1 Å². The van der Waals surface area contributed by atoms with Crippen LogP contribution in [-0.4, -0.2) is 0 Å². The van der Waals surface area contributed by atoms with Crippen molar-refractivity contribution >= 4 is 50.0 Å². The van der Waals surface area contributed by atoms with Gasteiger partial charge in [-0.3, -0.25) is 0 Å². The summed E-state index contributed by atoms with van der Waals surface area (Å²) in [5.41, 5.74) is 19.3. The summed E-state index contributed by atoms with van der Waals surface area (Å²) in [6, 6.07) is 79.7. The van der Waals surface area contributed by atoms with E-state index in [-0.39, 0.29) is 0 Å². The molecular formula is C61H50N2. The van der Waals surface area contributed by atoms with Crippen LogP contribution >= 0.6 is 0 Å². The van der Waals surface area contributed by atoms with Crippen molar-refractivity contribution in [3.63, 3.8) is 0 Å². The minimum Gasteiger partial charge on any atom is -0.355 e. The van der Waals surface area contributed by atoms with Gasteiger partial charge in [0.2, 0.25) is 0 Å². The van der Waals surface area contributed by atoms with E-state index in [1.54, 1.807) is 0 Å². The fourth-order valence-corrected chi connectivity index (χ4v) is 9.19. The lowest BCUT2D eigenvalue weighted by molar-refractivity contribution is 1.13. The first kappa shape index (κ1) is 39.5. The largest absolute Gasteiger partial charge is 0.355 e. The normalized spacial score (nSPS) is 11.2. The van der Waals surface area contributed by atoms with Gasteiger partial charge in [-0.05, 0) is 164 Å². The second-order valence-corrected chi connectivity index (χ2v) is 16.4. The molecule has 10 aromatic carbocycles. The average molecular weight is 811 g/mol. The van der Waals surface area contributed by atoms with Crippen molar-refractivity contribution in [2.45, 2.75) is 33.6 Å². The number of rotatable bonds is 11. The molecule has 2 nitrogen and oxygen atoms in total. The van der Waals surface area contributed by atoms with Gasteiger partial charge in [-0.1, -0.05) is 166 Å². The zero-order valence-electron chi connectivity index (χ0n) is 36.1. The van der Waals surface area contributed by atoms with E-state index >= 15 is 0 Å². The third kappa shape index (κ3) is 7.77. The van der Waals surface area contributed by atoms with Crippen molar-refractivity contribution in [3.05, 3.63) is 235 Å². The molecule has 0 amide bonds. The maximum absolute atomic E-state index is 3.79. The zero-order valence-corrected chi connectivity index (χ0v) is 36.1. The molecule has 2 heteroatoms. The van der Waals surface area contributed by atoms with Gasteiger partial charge in [0.25, 0.3) is 0 Å². The molecule has 1 N–H and O–H groups in total. The second kappa shape index (κ2) is 17.4. The Kier molecular flexibility index (Phi) is 10.9. The monoisotopic (exact) mass is 810 g/mol. The summed E-state index contributed by atoms with van der Waals surface area (Å²) in [6.45, 7) is 6.66. The molecule has 0 saturated carbocycles. The number of hydrogen-bond acceptors (Lipinski definition) is 2. The van der Waals surface area contributed by atoms with E-state index in [1.807, 2.05) is 0 Å². The molecule has 0 aromatic heterocycles. The van der Waals surface area contributed by atoms with E-state index in [9.17, 15) is 0 Å². The lowest BCUT2D eigenvalue weighted by Crippen LogP contribution is -2.09. The van der Waals surface area contributed by atoms with Crippen LogP contribution in [0.2, 0.25) is 0 Å². The molecular weight excluding hydrogens is 761 g/mol. The van der Waals surface area contributed by atoms with E-state index in [1.165, 1.54) is 82.7 Å². The predicted octanol–water partition coefficient (Wildman–Crippen LogP) is 17.3. The quantitative estimate of drug-likeness (QED) is 0.131. The Morgan fingerprint density at radius 2 is 0.841 bits per heavy atom. The molecule has 10 rings (SSSR count). The highest BCUT2D eigenvalue weighted by atomic mass is 15.1. The fourth-order valence-electron chi connectivity index (χ4n) is 9.19. The molecule has 63 heavy (non-hydrogen) atoms. The van der Waals surface area contributed by atoms with E-state index in [0.717, 1.165) is 41.3 Å². The Hall–Kier alpha value is -7.68. The minimum absolute atomic E-state index is 0.995. The minimum atomic E-state index is 0.995. The molecule has 0 aliphatic heterocycles. The summed E-state index contributed by atoms with van der Waals surface area (Å²) in [7, 11) is 0. The van der Waals surface area contributed by atoms with E-state index in [0.29, 0.717) is 0 Å². The first-order valence-corrected chi connectivity index (χ1v) is 22.2. The first-order valence-electron chi connectivity index (χ1n) is 22.2. The van der Waals surface area contributed by atoms with Gasteiger partial charge in [0.05, 0.1) is 0 Å². The molecule has 0 fully saturated rings. The molecule has 304 valence electrons. The molecule has 0 atom stereocenters. The lowest BCUT2D eigenvalue weighted by Gasteiger charge is -2.26. The third-order valence-corrected chi connectivity index (χ3v) is 12.5. The Labute approximate surface area is 371 Å². The molecule has 0 heterocycles. The molecule has 0 spiro atoms. The molecule has 0 radical (unpaired) electrons. The third-order valence-electron chi connectivity index (χ3n) is 12.5.